The normalized spacial score (nSPS) is 26.4. The molecule has 1 aliphatic heterocycles. The van der Waals surface area contributed by atoms with Crippen LogP contribution in [0.5, 0.6) is 5.75 Å². The minimum absolute atomic E-state index is 0.279. The molecule has 0 spiro atoms. The Morgan fingerprint density at radius 2 is 1.89 bits per heavy atom. The molecule has 2 rings (SSSR count). The summed E-state index contributed by atoms with van der Waals surface area (Å²) in [6.07, 6.45) is 0. The van der Waals surface area contributed by atoms with Gasteiger partial charge in [-0.3, -0.25) is 9.80 Å². The zero-order valence-electron chi connectivity index (χ0n) is 11.2. The first-order valence-electron chi connectivity index (χ1n) is 6.39. The lowest BCUT2D eigenvalue weighted by atomic mass is 10.1. The van der Waals surface area contributed by atoms with Gasteiger partial charge in [0, 0.05) is 31.7 Å². The number of nitrogens with zero attached hydrogens (tertiary/aromatic N) is 2. The van der Waals surface area contributed by atoms with Crippen LogP contribution in [0.25, 0.3) is 0 Å². The maximum Gasteiger partial charge on any atom is 0.165 e. The minimum atomic E-state index is -0.539. The van der Waals surface area contributed by atoms with Gasteiger partial charge in [0.2, 0.25) is 0 Å². The van der Waals surface area contributed by atoms with Gasteiger partial charge in [-0.05, 0) is 38.6 Å². The predicted octanol–water partition coefficient (Wildman–Crippen LogP) is 2.06. The highest BCUT2D eigenvalue weighted by Crippen LogP contribution is 2.20. The van der Waals surface area contributed by atoms with Crippen molar-refractivity contribution < 1.29 is 9.50 Å². The van der Waals surface area contributed by atoms with Crippen LogP contribution >= 0.6 is 0 Å². The number of hydrogen-bond donors (Lipinski definition) is 1. The van der Waals surface area contributed by atoms with E-state index in [9.17, 15) is 9.50 Å². The van der Waals surface area contributed by atoms with E-state index in [2.05, 4.69) is 30.7 Å². The molecule has 1 aromatic carbocycles. The SMILES string of the molecule is CC1CN(Cc2ccc(O)c(F)c2)CC(C)N1C. The summed E-state index contributed by atoms with van der Waals surface area (Å²) in [5.41, 5.74) is 0.911. The standard InChI is InChI=1S/C14H21FN2O/c1-10-7-17(8-11(2)16(10)3)9-12-4-5-14(18)13(15)6-12/h4-6,10-11,18H,7-9H2,1-3H3. The molecule has 0 aliphatic carbocycles. The Morgan fingerprint density at radius 1 is 1.28 bits per heavy atom. The zero-order valence-corrected chi connectivity index (χ0v) is 11.2. The number of benzene rings is 1. The van der Waals surface area contributed by atoms with Crippen molar-refractivity contribution in [3.8, 4) is 5.75 Å². The van der Waals surface area contributed by atoms with Crippen molar-refractivity contribution in [1.29, 1.82) is 0 Å². The van der Waals surface area contributed by atoms with Gasteiger partial charge in [0.05, 0.1) is 0 Å². The van der Waals surface area contributed by atoms with Crippen LogP contribution in [0.1, 0.15) is 19.4 Å². The van der Waals surface area contributed by atoms with Crippen molar-refractivity contribution >= 4 is 0 Å². The maximum absolute atomic E-state index is 13.3. The third-order valence-electron chi connectivity index (χ3n) is 3.85. The molecule has 4 heteroatoms. The number of phenolic OH excluding ortho intramolecular Hbond substituents is 1. The van der Waals surface area contributed by atoms with Gasteiger partial charge < -0.3 is 5.11 Å². The largest absolute Gasteiger partial charge is 0.505 e. The zero-order chi connectivity index (χ0) is 13.3. The molecule has 0 bridgehead atoms. The lowest BCUT2D eigenvalue weighted by Gasteiger charge is -2.42. The van der Waals surface area contributed by atoms with Gasteiger partial charge in [-0.1, -0.05) is 6.07 Å². The lowest BCUT2D eigenvalue weighted by Crippen LogP contribution is -2.54. The van der Waals surface area contributed by atoms with Gasteiger partial charge in [0.15, 0.2) is 11.6 Å². The van der Waals surface area contributed by atoms with Gasteiger partial charge in [0.1, 0.15) is 0 Å². The van der Waals surface area contributed by atoms with Crippen LogP contribution in [0.3, 0.4) is 0 Å². The van der Waals surface area contributed by atoms with E-state index in [1.807, 2.05) is 0 Å². The molecule has 1 N–H and O–H groups in total. The number of hydrogen-bond acceptors (Lipinski definition) is 3. The van der Waals surface area contributed by atoms with Crippen molar-refractivity contribution in [1.82, 2.24) is 9.80 Å². The van der Waals surface area contributed by atoms with Crippen LogP contribution in [0.2, 0.25) is 0 Å². The summed E-state index contributed by atoms with van der Waals surface area (Å²) in [5, 5.41) is 9.17. The van der Waals surface area contributed by atoms with Gasteiger partial charge >= 0.3 is 0 Å². The molecule has 0 saturated carbocycles. The second-order valence-electron chi connectivity index (χ2n) is 5.34. The second-order valence-corrected chi connectivity index (χ2v) is 5.34. The average Bonchev–Trinajstić information content (AvgIpc) is 2.31. The smallest absolute Gasteiger partial charge is 0.165 e. The van der Waals surface area contributed by atoms with E-state index >= 15 is 0 Å². The van der Waals surface area contributed by atoms with E-state index in [4.69, 9.17) is 0 Å². The quantitative estimate of drug-likeness (QED) is 0.872. The molecule has 100 valence electrons. The number of rotatable bonds is 2. The van der Waals surface area contributed by atoms with Crippen molar-refractivity contribution in [3.05, 3.63) is 29.6 Å². The summed E-state index contributed by atoms with van der Waals surface area (Å²) in [6, 6.07) is 5.65. The van der Waals surface area contributed by atoms with Gasteiger partial charge in [-0.2, -0.15) is 0 Å². The highest BCUT2D eigenvalue weighted by atomic mass is 19.1. The first-order valence-corrected chi connectivity index (χ1v) is 6.39. The van der Waals surface area contributed by atoms with Crippen molar-refractivity contribution in [2.45, 2.75) is 32.5 Å². The average molecular weight is 252 g/mol. The minimum Gasteiger partial charge on any atom is -0.505 e. The van der Waals surface area contributed by atoms with Crippen molar-refractivity contribution in [2.24, 2.45) is 0 Å². The number of aromatic hydroxyl groups is 1. The van der Waals surface area contributed by atoms with Crippen molar-refractivity contribution in [2.75, 3.05) is 20.1 Å². The molecule has 2 atom stereocenters. The maximum atomic E-state index is 13.3. The highest BCUT2D eigenvalue weighted by Gasteiger charge is 2.26. The van der Waals surface area contributed by atoms with E-state index in [0.717, 1.165) is 25.2 Å². The first-order chi connectivity index (χ1) is 8.47. The first kappa shape index (κ1) is 13.3. The lowest BCUT2D eigenvalue weighted by molar-refractivity contribution is 0.0556. The fraction of sp³-hybridized carbons (Fsp3) is 0.571. The molecule has 2 unspecified atom stereocenters. The molecule has 0 aromatic heterocycles. The van der Waals surface area contributed by atoms with Gasteiger partial charge in [-0.25, -0.2) is 4.39 Å². The van der Waals surface area contributed by atoms with Crippen LogP contribution in [0.15, 0.2) is 18.2 Å². The predicted molar refractivity (Wildman–Crippen MR) is 70.0 cm³/mol. The molecule has 1 fully saturated rings. The number of piperazine rings is 1. The molecular weight excluding hydrogens is 231 g/mol. The Bertz CT molecular complexity index is 412. The Labute approximate surface area is 108 Å². The topological polar surface area (TPSA) is 26.7 Å². The summed E-state index contributed by atoms with van der Waals surface area (Å²) in [5.74, 6) is -0.818. The van der Waals surface area contributed by atoms with Gasteiger partial charge in [0.25, 0.3) is 0 Å². The molecule has 18 heavy (non-hydrogen) atoms. The molecule has 0 amide bonds. The monoisotopic (exact) mass is 252 g/mol. The Kier molecular flexibility index (Phi) is 3.88. The van der Waals surface area contributed by atoms with E-state index in [-0.39, 0.29) is 5.75 Å². The van der Waals surface area contributed by atoms with E-state index in [1.165, 1.54) is 12.1 Å². The summed E-state index contributed by atoms with van der Waals surface area (Å²) in [7, 11) is 2.15. The van der Waals surface area contributed by atoms with Gasteiger partial charge in [-0.15, -0.1) is 0 Å². The third-order valence-corrected chi connectivity index (χ3v) is 3.85. The van der Waals surface area contributed by atoms with E-state index < -0.39 is 5.82 Å². The van der Waals surface area contributed by atoms with Crippen LogP contribution in [0, 0.1) is 5.82 Å². The summed E-state index contributed by atoms with van der Waals surface area (Å²) >= 11 is 0. The van der Waals surface area contributed by atoms with Crippen LogP contribution in [0.4, 0.5) is 4.39 Å². The molecule has 1 aromatic rings. The number of phenols is 1. The van der Waals surface area contributed by atoms with Crippen LogP contribution < -0.4 is 0 Å². The van der Waals surface area contributed by atoms with Crippen molar-refractivity contribution in [3.63, 3.8) is 0 Å². The molecule has 3 nitrogen and oxygen atoms in total. The Morgan fingerprint density at radius 3 is 2.44 bits per heavy atom. The second kappa shape index (κ2) is 5.24. The summed E-state index contributed by atoms with van der Waals surface area (Å²) in [6.45, 7) is 7.13. The van der Waals surface area contributed by atoms with E-state index in [0.29, 0.717) is 12.1 Å². The fourth-order valence-electron chi connectivity index (χ4n) is 2.55. The van der Waals surface area contributed by atoms with Crippen LogP contribution in [-0.4, -0.2) is 47.1 Å². The fourth-order valence-corrected chi connectivity index (χ4v) is 2.55. The number of likely N-dealkylation sites (N-methyl/N-ethyl adjacent to an activating group) is 1. The van der Waals surface area contributed by atoms with E-state index in [1.54, 1.807) is 6.07 Å². The number of halogens is 1. The Balaban J connectivity index is 2.03. The van der Waals surface area contributed by atoms with Crippen LogP contribution in [-0.2, 0) is 6.54 Å². The molecule has 0 radical (unpaired) electrons. The summed E-state index contributed by atoms with van der Waals surface area (Å²) < 4.78 is 13.3. The third kappa shape index (κ3) is 2.82. The molecule has 1 aliphatic rings. The molecular formula is C14H21FN2O. The highest BCUT2D eigenvalue weighted by molar-refractivity contribution is 5.28. The summed E-state index contributed by atoms with van der Waals surface area (Å²) in [4.78, 5) is 4.70. The molecule has 1 saturated heterocycles. The molecule has 1 heterocycles. The Hall–Kier alpha value is -1.13.